The lowest BCUT2D eigenvalue weighted by Gasteiger charge is -2.35. The van der Waals surface area contributed by atoms with Crippen LogP contribution in [0.1, 0.15) is 33.1 Å². The molecular weight excluding hydrogens is 230 g/mol. The topological polar surface area (TPSA) is 74.7 Å². The summed E-state index contributed by atoms with van der Waals surface area (Å²) in [6, 6.07) is -0.00463. The predicted octanol–water partition coefficient (Wildman–Crippen LogP) is 0.911. The Labute approximate surface area is 96.5 Å². The molecule has 0 bridgehead atoms. The zero-order valence-electron chi connectivity index (χ0n) is 9.72. The number of carboxylic acid groups (broad SMARTS) is 1. The van der Waals surface area contributed by atoms with Gasteiger partial charge in [0.15, 0.2) is 0 Å². The van der Waals surface area contributed by atoms with Gasteiger partial charge in [0.2, 0.25) is 10.0 Å². The van der Waals surface area contributed by atoms with Gasteiger partial charge in [-0.2, -0.15) is 4.31 Å². The fourth-order valence-corrected chi connectivity index (χ4v) is 3.77. The van der Waals surface area contributed by atoms with E-state index in [1.807, 2.05) is 13.8 Å². The minimum Gasteiger partial charge on any atom is -0.481 e. The van der Waals surface area contributed by atoms with E-state index in [0.29, 0.717) is 12.5 Å². The van der Waals surface area contributed by atoms with Crippen LogP contribution in [0.2, 0.25) is 0 Å². The summed E-state index contributed by atoms with van der Waals surface area (Å²) >= 11 is 0. The first-order valence-electron chi connectivity index (χ1n) is 5.54. The number of aliphatic carboxylic acids is 1. The van der Waals surface area contributed by atoms with Crippen LogP contribution in [0.25, 0.3) is 0 Å². The molecule has 16 heavy (non-hydrogen) atoms. The van der Waals surface area contributed by atoms with Gasteiger partial charge >= 0.3 is 5.97 Å². The summed E-state index contributed by atoms with van der Waals surface area (Å²) in [5.74, 6) is -1.00. The van der Waals surface area contributed by atoms with Crippen molar-refractivity contribution in [3.8, 4) is 0 Å². The van der Waals surface area contributed by atoms with Gasteiger partial charge in [-0.3, -0.25) is 4.79 Å². The summed E-state index contributed by atoms with van der Waals surface area (Å²) in [7, 11) is -3.41. The maximum Gasteiger partial charge on any atom is 0.304 e. The van der Waals surface area contributed by atoms with Crippen molar-refractivity contribution >= 4 is 16.0 Å². The van der Waals surface area contributed by atoms with E-state index in [0.717, 1.165) is 12.8 Å². The molecule has 1 heterocycles. The second-order valence-electron chi connectivity index (χ2n) is 4.56. The van der Waals surface area contributed by atoms with E-state index >= 15 is 0 Å². The van der Waals surface area contributed by atoms with Crippen molar-refractivity contribution in [2.45, 2.75) is 39.2 Å². The minimum absolute atomic E-state index is 0.00463. The van der Waals surface area contributed by atoms with Crippen LogP contribution in [0.4, 0.5) is 0 Å². The third-order valence-corrected chi connectivity index (χ3v) is 4.94. The second kappa shape index (κ2) is 5.14. The summed E-state index contributed by atoms with van der Waals surface area (Å²) in [5, 5.41) is 8.51. The Morgan fingerprint density at radius 2 is 2.00 bits per heavy atom. The standard InChI is InChI=1S/C10H19NO4S/c1-8-3-4-9(2)11(7-8)16(14,15)6-5-10(12)13/h8-9H,3-7H2,1-2H3,(H,12,13). The third-order valence-electron chi connectivity index (χ3n) is 2.99. The first kappa shape index (κ1) is 13.4. The van der Waals surface area contributed by atoms with Gasteiger partial charge in [0, 0.05) is 12.6 Å². The highest BCUT2D eigenvalue weighted by Crippen LogP contribution is 2.24. The minimum atomic E-state index is -3.41. The van der Waals surface area contributed by atoms with E-state index in [2.05, 4.69) is 0 Å². The number of carbonyl (C=O) groups is 1. The van der Waals surface area contributed by atoms with Crippen molar-refractivity contribution in [1.82, 2.24) is 4.31 Å². The van der Waals surface area contributed by atoms with Gasteiger partial charge in [0.05, 0.1) is 12.2 Å². The van der Waals surface area contributed by atoms with E-state index in [9.17, 15) is 13.2 Å². The fraction of sp³-hybridized carbons (Fsp3) is 0.900. The number of piperidine rings is 1. The van der Waals surface area contributed by atoms with Gasteiger partial charge in [-0.15, -0.1) is 0 Å². The molecule has 1 N–H and O–H groups in total. The first-order chi connectivity index (χ1) is 7.33. The monoisotopic (exact) mass is 249 g/mol. The van der Waals surface area contributed by atoms with Gasteiger partial charge in [-0.05, 0) is 25.7 Å². The molecule has 5 nitrogen and oxygen atoms in total. The van der Waals surface area contributed by atoms with Crippen LogP contribution in [-0.2, 0) is 14.8 Å². The lowest BCUT2D eigenvalue weighted by Crippen LogP contribution is -2.46. The Morgan fingerprint density at radius 3 is 2.56 bits per heavy atom. The van der Waals surface area contributed by atoms with E-state index in [4.69, 9.17) is 5.11 Å². The van der Waals surface area contributed by atoms with Crippen molar-refractivity contribution in [2.24, 2.45) is 5.92 Å². The van der Waals surface area contributed by atoms with Crippen molar-refractivity contribution in [3.05, 3.63) is 0 Å². The number of hydrogen-bond donors (Lipinski definition) is 1. The highest BCUT2D eigenvalue weighted by atomic mass is 32.2. The molecule has 1 fully saturated rings. The van der Waals surface area contributed by atoms with Crippen LogP contribution in [0, 0.1) is 5.92 Å². The summed E-state index contributed by atoms with van der Waals surface area (Å²) in [6.07, 6.45) is 1.57. The van der Waals surface area contributed by atoms with Crippen LogP contribution in [0.3, 0.4) is 0 Å². The number of sulfonamides is 1. The molecule has 6 heteroatoms. The van der Waals surface area contributed by atoms with E-state index in [1.54, 1.807) is 0 Å². The highest BCUT2D eigenvalue weighted by molar-refractivity contribution is 7.89. The smallest absolute Gasteiger partial charge is 0.304 e. The zero-order chi connectivity index (χ0) is 12.3. The molecule has 0 aliphatic carbocycles. The molecule has 1 aliphatic rings. The van der Waals surface area contributed by atoms with Crippen molar-refractivity contribution in [3.63, 3.8) is 0 Å². The third kappa shape index (κ3) is 3.45. The summed E-state index contributed by atoms with van der Waals surface area (Å²) in [6.45, 7) is 4.42. The Kier molecular flexibility index (Phi) is 4.32. The Bertz CT molecular complexity index is 352. The lowest BCUT2D eigenvalue weighted by atomic mass is 9.97. The van der Waals surface area contributed by atoms with Crippen LogP contribution < -0.4 is 0 Å². The number of rotatable bonds is 4. The molecule has 0 aromatic rings. The zero-order valence-corrected chi connectivity index (χ0v) is 10.5. The molecular formula is C10H19NO4S. The highest BCUT2D eigenvalue weighted by Gasteiger charge is 2.32. The van der Waals surface area contributed by atoms with Crippen molar-refractivity contribution in [1.29, 1.82) is 0 Å². The normalized spacial score (nSPS) is 27.9. The van der Waals surface area contributed by atoms with Crippen LogP contribution in [0.5, 0.6) is 0 Å². The SMILES string of the molecule is CC1CCC(C)N(S(=O)(=O)CCC(=O)O)C1. The Hall–Kier alpha value is -0.620. The largest absolute Gasteiger partial charge is 0.481 e. The van der Waals surface area contributed by atoms with Crippen LogP contribution >= 0.6 is 0 Å². The lowest BCUT2D eigenvalue weighted by molar-refractivity contribution is -0.136. The molecule has 2 unspecified atom stereocenters. The molecule has 2 atom stereocenters. The maximum absolute atomic E-state index is 11.9. The maximum atomic E-state index is 11.9. The average molecular weight is 249 g/mol. The van der Waals surface area contributed by atoms with Crippen LogP contribution in [0.15, 0.2) is 0 Å². The average Bonchev–Trinajstić information content (AvgIpc) is 2.19. The van der Waals surface area contributed by atoms with Gasteiger partial charge in [0.1, 0.15) is 0 Å². The molecule has 0 aromatic carbocycles. The molecule has 0 amide bonds. The van der Waals surface area contributed by atoms with Crippen molar-refractivity contribution in [2.75, 3.05) is 12.3 Å². The summed E-state index contributed by atoms with van der Waals surface area (Å²) < 4.78 is 25.3. The van der Waals surface area contributed by atoms with Gasteiger partial charge in [-0.1, -0.05) is 6.92 Å². The number of carboxylic acids is 1. The predicted molar refractivity (Wildman–Crippen MR) is 60.6 cm³/mol. The van der Waals surface area contributed by atoms with Gasteiger partial charge in [0.25, 0.3) is 0 Å². The summed E-state index contributed by atoms with van der Waals surface area (Å²) in [5.41, 5.74) is 0. The van der Waals surface area contributed by atoms with Gasteiger partial charge in [-0.25, -0.2) is 8.42 Å². The molecule has 1 rings (SSSR count). The molecule has 0 saturated carbocycles. The molecule has 94 valence electrons. The van der Waals surface area contributed by atoms with Crippen LogP contribution in [-0.4, -0.2) is 42.1 Å². The van der Waals surface area contributed by atoms with E-state index < -0.39 is 16.0 Å². The van der Waals surface area contributed by atoms with Crippen molar-refractivity contribution < 1.29 is 18.3 Å². The first-order valence-corrected chi connectivity index (χ1v) is 7.15. The molecule has 0 aromatic heterocycles. The Morgan fingerprint density at radius 1 is 1.38 bits per heavy atom. The molecule has 1 aliphatic heterocycles. The van der Waals surface area contributed by atoms with Gasteiger partial charge < -0.3 is 5.11 Å². The summed E-state index contributed by atoms with van der Waals surface area (Å²) in [4.78, 5) is 10.4. The number of hydrogen-bond acceptors (Lipinski definition) is 3. The fourth-order valence-electron chi connectivity index (χ4n) is 1.97. The van der Waals surface area contributed by atoms with E-state index in [-0.39, 0.29) is 18.2 Å². The Balaban J connectivity index is 2.69. The quantitative estimate of drug-likeness (QED) is 0.803. The van der Waals surface area contributed by atoms with E-state index in [1.165, 1.54) is 4.31 Å². The molecule has 0 spiro atoms. The molecule has 1 saturated heterocycles. The number of nitrogens with zero attached hydrogens (tertiary/aromatic N) is 1. The molecule has 0 radical (unpaired) electrons. The second-order valence-corrected chi connectivity index (χ2v) is 6.60.